The van der Waals surface area contributed by atoms with Crippen LogP contribution in [0.4, 0.5) is 0 Å². The van der Waals surface area contributed by atoms with Gasteiger partial charge in [-0.3, -0.25) is 4.90 Å². The molecule has 1 fully saturated rings. The molecule has 0 aliphatic carbocycles. The number of nitrogens with one attached hydrogen (secondary N) is 1. The zero-order valence-electron chi connectivity index (χ0n) is 14.9. The van der Waals surface area contributed by atoms with Gasteiger partial charge in [0.2, 0.25) is 0 Å². The number of rotatable bonds is 8. The van der Waals surface area contributed by atoms with E-state index in [4.69, 9.17) is 0 Å². The molecule has 1 atom stereocenters. The van der Waals surface area contributed by atoms with Crippen molar-refractivity contribution in [1.82, 2.24) is 10.2 Å². The second-order valence-electron chi connectivity index (χ2n) is 7.91. The van der Waals surface area contributed by atoms with Crippen LogP contribution in [-0.2, 0) is 0 Å². The van der Waals surface area contributed by atoms with E-state index < -0.39 is 0 Å². The third-order valence-electron chi connectivity index (χ3n) is 4.29. The van der Waals surface area contributed by atoms with Gasteiger partial charge >= 0.3 is 0 Å². The molecule has 3 nitrogen and oxygen atoms in total. The number of thioether (sulfide) groups is 1. The minimum absolute atomic E-state index is 0.168. The number of unbranched alkanes of at least 4 members (excludes halogenated alkanes) is 1. The molecule has 0 aromatic heterocycles. The first kappa shape index (κ1) is 19.3. The monoisotopic (exact) mass is 316 g/mol. The molecule has 4 heteroatoms. The van der Waals surface area contributed by atoms with Crippen molar-refractivity contribution in [3.8, 4) is 0 Å². The van der Waals surface area contributed by atoms with Gasteiger partial charge in [0.05, 0.1) is 6.10 Å². The lowest BCUT2D eigenvalue weighted by Gasteiger charge is -2.50. The molecule has 0 saturated carbocycles. The molecule has 0 bridgehead atoms. The third-order valence-corrected chi connectivity index (χ3v) is 5.01. The van der Waals surface area contributed by atoms with E-state index in [9.17, 15) is 5.11 Å². The summed E-state index contributed by atoms with van der Waals surface area (Å²) < 4.78 is 0. The van der Waals surface area contributed by atoms with Crippen LogP contribution in [0.25, 0.3) is 0 Å². The lowest BCUT2D eigenvalue weighted by atomic mass is 9.79. The van der Waals surface area contributed by atoms with Crippen molar-refractivity contribution in [3.63, 3.8) is 0 Å². The molecule has 1 aliphatic rings. The largest absolute Gasteiger partial charge is 0.391 e. The minimum atomic E-state index is -0.210. The highest BCUT2D eigenvalue weighted by atomic mass is 32.2. The van der Waals surface area contributed by atoms with E-state index in [1.165, 1.54) is 12.8 Å². The summed E-state index contributed by atoms with van der Waals surface area (Å²) in [6, 6.07) is 0.569. The summed E-state index contributed by atoms with van der Waals surface area (Å²) in [5, 5.41) is 14.0. The van der Waals surface area contributed by atoms with Crippen LogP contribution in [0.2, 0.25) is 0 Å². The van der Waals surface area contributed by atoms with Gasteiger partial charge in [0.15, 0.2) is 0 Å². The van der Waals surface area contributed by atoms with E-state index >= 15 is 0 Å². The summed E-state index contributed by atoms with van der Waals surface area (Å²) in [6.07, 6.45) is 6.61. The zero-order valence-corrected chi connectivity index (χ0v) is 15.7. The lowest BCUT2D eigenvalue weighted by Crippen LogP contribution is -2.62. The summed E-state index contributed by atoms with van der Waals surface area (Å²) in [5.74, 6) is 0.834. The van der Waals surface area contributed by atoms with E-state index in [1.54, 1.807) is 11.8 Å². The molecule has 0 aromatic rings. The average molecular weight is 317 g/mol. The van der Waals surface area contributed by atoms with E-state index in [1.807, 2.05) is 0 Å². The Balaban J connectivity index is 2.75. The van der Waals surface area contributed by atoms with Crippen molar-refractivity contribution in [2.45, 2.75) is 83.5 Å². The normalized spacial score (nSPS) is 23.4. The Hall–Kier alpha value is 0.230. The van der Waals surface area contributed by atoms with Crippen LogP contribution in [0.15, 0.2) is 0 Å². The number of piperidine rings is 1. The molecule has 0 amide bonds. The number of nitrogens with zero attached hydrogens (tertiary/aromatic N) is 1. The molecular weight excluding hydrogens is 280 g/mol. The summed E-state index contributed by atoms with van der Waals surface area (Å²) in [4.78, 5) is 2.55. The number of aliphatic hydroxyl groups is 1. The van der Waals surface area contributed by atoms with E-state index in [2.05, 4.69) is 51.1 Å². The SMILES string of the molecule is CCCCN(CC(O)CSC)C1CC(C)(C)NC(C)(C)C1. The van der Waals surface area contributed by atoms with Crippen LogP contribution in [0.3, 0.4) is 0 Å². The highest BCUT2D eigenvalue weighted by Crippen LogP contribution is 2.31. The molecule has 126 valence electrons. The molecule has 1 heterocycles. The highest BCUT2D eigenvalue weighted by molar-refractivity contribution is 7.98. The first-order valence-electron chi connectivity index (χ1n) is 8.39. The number of hydrogen-bond acceptors (Lipinski definition) is 4. The fourth-order valence-electron chi connectivity index (χ4n) is 3.83. The smallest absolute Gasteiger partial charge is 0.0757 e. The Morgan fingerprint density at radius 3 is 2.29 bits per heavy atom. The minimum Gasteiger partial charge on any atom is -0.391 e. The maximum Gasteiger partial charge on any atom is 0.0757 e. The van der Waals surface area contributed by atoms with Gasteiger partial charge in [-0.1, -0.05) is 13.3 Å². The Morgan fingerprint density at radius 1 is 1.24 bits per heavy atom. The Labute approximate surface area is 136 Å². The van der Waals surface area contributed by atoms with Crippen LogP contribution in [0.1, 0.15) is 60.3 Å². The number of hydrogen-bond donors (Lipinski definition) is 2. The second-order valence-corrected chi connectivity index (χ2v) is 8.82. The fraction of sp³-hybridized carbons (Fsp3) is 1.00. The van der Waals surface area contributed by atoms with Gasteiger partial charge in [-0.25, -0.2) is 0 Å². The molecule has 1 rings (SSSR count). The lowest BCUT2D eigenvalue weighted by molar-refractivity contribution is 0.0371. The van der Waals surface area contributed by atoms with Gasteiger partial charge in [0.1, 0.15) is 0 Å². The maximum atomic E-state index is 10.2. The summed E-state index contributed by atoms with van der Waals surface area (Å²) in [5.41, 5.74) is 0.336. The van der Waals surface area contributed by atoms with E-state index in [0.29, 0.717) is 6.04 Å². The van der Waals surface area contributed by atoms with Gasteiger partial charge in [-0.2, -0.15) is 11.8 Å². The predicted octanol–water partition coefficient (Wildman–Crippen LogP) is 3.12. The van der Waals surface area contributed by atoms with Crippen molar-refractivity contribution in [2.75, 3.05) is 25.1 Å². The van der Waals surface area contributed by atoms with E-state index in [0.717, 1.165) is 31.7 Å². The fourth-order valence-corrected chi connectivity index (χ4v) is 4.32. The van der Waals surface area contributed by atoms with Gasteiger partial charge in [-0.05, 0) is 59.8 Å². The second kappa shape index (κ2) is 8.19. The molecule has 2 N–H and O–H groups in total. The van der Waals surface area contributed by atoms with Crippen LogP contribution in [0, 0.1) is 0 Å². The van der Waals surface area contributed by atoms with E-state index in [-0.39, 0.29) is 17.2 Å². The van der Waals surface area contributed by atoms with Crippen LogP contribution in [0.5, 0.6) is 0 Å². The topological polar surface area (TPSA) is 35.5 Å². The average Bonchev–Trinajstić information content (AvgIpc) is 2.30. The molecule has 1 saturated heterocycles. The van der Waals surface area contributed by atoms with Gasteiger partial charge in [0.25, 0.3) is 0 Å². The molecule has 0 radical (unpaired) electrons. The molecule has 0 aromatic carbocycles. The summed E-state index contributed by atoms with van der Waals surface area (Å²) in [7, 11) is 0. The molecular formula is C17H36N2OS. The molecule has 21 heavy (non-hydrogen) atoms. The van der Waals surface area contributed by atoms with Crippen molar-refractivity contribution in [1.29, 1.82) is 0 Å². The number of aliphatic hydroxyl groups excluding tert-OH is 1. The first-order chi connectivity index (χ1) is 9.69. The zero-order chi connectivity index (χ0) is 16.1. The molecule has 1 aliphatic heterocycles. The first-order valence-corrected chi connectivity index (χ1v) is 9.79. The standard InChI is InChI=1S/C17H36N2OS/c1-7-8-9-19(12-15(20)13-21-6)14-10-16(2,3)18-17(4,5)11-14/h14-15,18,20H,7-13H2,1-6H3. The van der Waals surface area contributed by atoms with Crippen LogP contribution in [-0.4, -0.2) is 58.3 Å². The van der Waals surface area contributed by atoms with Crippen molar-refractivity contribution >= 4 is 11.8 Å². The predicted molar refractivity (Wildman–Crippen MR) is 95.2 cm³/mol. The van der Waals surface area contributed by atoms with Crippen LogP contribution < -0.4 is 5.32 Å². The third kappa shape index (κ3) is 6.89. The van der Waals surface area contributed by atoms with Crippen molar-refractivity contribution < 1.29 is 5.11 Å². The maximum absolute atomic E-state index is 10.2. The quantitative estimate of drug-likeness (QED) is 0.721. The molecule has 1 unspecified atom stereocenters. The van der Waals surface area contributed by atoms with Gasteiger partial charge in [-0.15, -0.1) is 0 Å². The van der Waals surface area contributed by atoms with Gasteiger partial charge in [0, 0.05) is 29.4 Å². The van der Waals surface area contributed by atoms with Gasteiger partial charge < -0.3 is 10.4 Å². The van der Waals surface area contributed by atoms with Crippen molar-refractivity contribution in [2.24, 2.45) is 0 Å². The van der Waals surface area contributed by atoms with Crippen molar-refractivity contribution in [3.05, 3.63) is 0 Å². The Bertz CT molecular complexity index is 291. The summed E-state index contributed by atoms with van der Waals surface area (Å²) >= 11 is 1.73. The molecule has 0 spiro atoms. The van der Waals surface area contributed by atoms with Crippen LogP contribution >= 0.6 is 11.8 Å². The highest BCUT2D eigenvalue weighted by Gasteiger charge is 2.39. The summed E-state index contributed by atoms with van der Waals surface area (Å²) in [6.45, 7) is 13.4. The Morgan fingerprint density at radius 2 is 1.81 bits per heavy atom. The Kier molecular flexibility index (Phi) is 7.51.